The molecule has 5 heteroatoms. The van der Waals surface area contributed by atoms with E-state index in [9.17, 15) is 4.79 Å². The van der Waals surface area contributed by atoms with Gasteiger partial charge in [-0.2, -0.15) is 0 Å². The van der Waals surface area contributed by atoms with Crippen LogP contribution in [0.2, 0.25) is 0 Å². The van der Waals surface area contributed by atoms with E-state index in [4.69, 9.17) is 0 Å². The second kappa shape index (κ2) is 6.50. The fraction of sp³-hybridized carbons (Fsp3) is 0.643. The number of amides is 1. The highest BCUT2D eigenvalue weighted by molar-refractivity contribution is 5.92. The SMILES string of the molecule is CCN(CC)C(=O)c1cnc(N2CCCCC2)cn1. The Bertz CT molecular complexity index is 408. The van der Waals surface area contributed by atoms with E-state index in [0.717, 1.165) is 18.9 Å². The van der Waals surface area contributed by atoms with Crippen LogP contribution in [-0.2, 0) is 0 Å². The van der Waals surface area contributed by atoms with Crippen LogP contribution in [0.15, 0.2) is 12.4 Å². The van der Waals surface area contributed by atoms with Gasteiger partial charge in [0.2, 0.25) is 0 Å². The Morgan fingerprint density at radius 2 is 1.84 bits per heavy atom. The summed E-state index contributed by atoms with van der Waals surface area (Å²) in [5, 5.41) is 0. The van der Waals surface area contributed by atoms with Gasteiger partial charge in [-0.1, -0.05) is 0 Å². The maximum Gasteiger partial charge on any atom is 0.274 e. The number of hydrogen-bond acceptors (Lipinski definition) is 4. The Morgan fingerprint density at radius 1 is 1.16 bits per heavy atom. The van der Waals surface area contributed by atoms with Gasteiger partial charge in [0.15, 0.2) is 0 Å². The molecule has 1 amide bonds. The van der Waals surface area contributed by atoms with E-state index >= 15 is 0 Å². The molecule has 1 aromatic heterocycles. The van der Waals surface area contributed by atoms with Crippen molar-refractivity contribution in [3.8, 4) is 0 Å². The van der Waals surface area contributed by atoms with Crippen LogP contribution >= 0.6 is 0 Å². The first-order valence-corrected chi connectivity index (χ1v) is 7.12. The number of carbonyl (C=O) groups excluding carboxylic acids is 1. The minimum atomic E-state index is -0.0392. The molecule has 2 heterocycles. The van der Waals surface area contributed by atoms with Gasteiger partial charge in [0.1, 0.15) is 11.5 Å². The van der Waals surface area contributed by atoms with Crippen molar-refractivity contribution >= 4 is 11.7 Å². The number of anilines is 1. The molecule has 1 saturated heterocycles. The summed E-state index contributed by atoms with van der Waals surface area (Å²) < 4.78 is 0. The molecule has 0 aliphatic carbocycles. The zero-order chi connectivity index (χ0) is 13.7. The predicted octanol–water partition coefficient (Wildman–Crippen LogP) is 1.95. The Labute approximate surface area is 114 Å². The zero-order valence-corrected chi connectivity index (χ0v) is 11.8. The van der Waals surface area contributed by atoms with Gasteiger partial charge in [0.25, 0.3) is 5.91 Å². The van der Waals surface area contributed by atoms with E-state index in [1.54, 1.807) is 17.3 Å². The minimum Gasteiger partial charge on any atom is -0.355 e. The first kappa shape index (κ1) is 13.8. The molecule has 0 unspecified atom stereocenters. The normalized spacial score (nSPS) is 15.4. The third kappa shape index (κ3) is 3.22. The number of carbonyl (C=O) groups is 1. The standard InChI is InChI=1S/C14H22N4O/c1-3-17(4-2)14(19)12-10-16-13(11-15-12)18-8-6-5-7-9-18/h10-11H,3-9H2,1-2H3. The quantitative estimate of drug-likeness (QED) is 0.832. The molecule has 0 saturated carbocycles. The molecule has 1 fully saturated rings. The second-order valence-corrected chi connectivity index (χ2v) is 4.78. The van der Waals surface area contributed by atoms with E-state index in [0.29, 0.717) is 18.8 Å². The summed E-state index contributed by atoms with van der Waals surface area (Å²) in [6.45, 7) is 7.42. The van der Waals surface area contributed by atoms with Crippen LogP contribution in [0.4, 0.5) is 5.82 Å². The van der Waals surface area contributed by atoms with Gasteiger partial charge in [-0.25, -0.2) is 9.97 Å². The molecule has 5 nitrogen and oxygen atoms in total. The molecular weight excluding hydrogens is 240 g/mol. The number of nitrogens with zero attached hydrogens (tertiary/aromatic N) is 4. The van der Waals surface area contributed by atoms with E-state index < -0.39 is 0 Å². The molecule has 1 aliphatic rings. The molecule has 19 heavy (non-hydrogen) atoms. The molecule has 0 atom stereocenters. The van der Waals surface area contributed by atoms with Crippen molar-refractivity contribution in [3.63, 3.8) is 0 Å². The predicted molar refractivity (Wildman–Crippen MR) is 75.3 cm³/mol. The number of rotatable bonds is 4. The maximum atomic E-state index is 12.1. The van der Waals surface area contributed by atoms with Crippen molar-refractivity contribution in [1.82, 2.24) is 14.9 Å². The molecule has 2 rings (SSSR count). The summed E-state index contributed by atoms with van der Waals surface area (Å²) in [7, 11) is 0. The lowest BCUT2D eigenvalue weighted by molar-refractivity contribution is 0.0766. The van der Waals surface area contributed by atoms with Gasteiger partial charge in [-0.15, -0.1) is 0 Å². The monoisotopic (exact) mass is 262 g/mol. The van der Waals surface area contributed by atoms with Gasteiger partial charge in [-0.05, 0) is 33.1 Å². The average molecular weight is 262 g/mol. The molecule has 0 aromatic carbocycles. The fourth-order valence-electron chi connectivity index (χ4n) is 2.39. The van der Waals surface area contributed by atoms with Crippen LogP contribution in [0, 0.1) is 0 Å². The fourth-order valence-corrected chi connectivity index (χ4v) is 2.39. The van der Waals surface area contributed by atoms with Crippen LogP contribution in [0.1, 0.15) is 43.6 Å². The van der Waals surface area contributed by atoms with Crippen LogP contribution in [0.3, 0.4) is 0 Å². The van der Waals surface area contributed by atoms with Crippen LogP contribution in [-0.4, -0.2) is 47.0 Å². The molecule has 0 spiro atoms. The highest BCUT2D eigenvalue weighted by Gasteiger charge is 2.16. The maximum absolute atomic E-state index is 12.1. The molecule has 0 bridgehead atoms. The topological polar surface area (TPSA) is 49.3 Å². The van der Waals surface area contributed by atoms with Gasteiger partial charge >= 0.3 is 0 Å². The number of hydrogen-bond donors (Lipinski definition) is 0. The second-order valence-electron chi connectivity index (χ2n) is 4.78. The highest BCUT2D eigenvalue weighted by Crippen LogP contribution is 2.16. The van der Waals surface area contributed by atoms with E-state index in [1.165, 1.54) is 19.3 Å². The summed E-state index contributed by atoms with van der Waals surface area (Å²) >= 11 is 0. The zero-order valence-electron chi connectivity index (χ0n) is 11.8. The summed E-state index contributed by atoms with van der Waals surface area (Å²) in [5.74, 6) is 0.846. The van der Waals surface area contributed by atoms with Crippen LogP contribution in [0.5, 0.6) is 0 Å². The molecule has 1 aromatic rings. The summed E-state index contributed by atoms with van der Waals surface area (Å²) in [6.07, 6.45) is 7.04. The van der Waals surface area contributed by atoms with E-state index in [1.807, 2.05) is 13.8 Å². The lowest BCUT2D eigenvalue weighted by Gasteiger charge is -2.27. The largest absolute Gasteiger partial charge is 0.355 e. The van der Waals surface area contributed by atoms with Gasteiger partial charge in [-0.3, -0.25) is 4.79 Å². The van der Waals surface area contributed by atoms with Crippen molar-refractivity contribution in [3.05, 3.63) is 18.1 Å². The third-order valence-corrected chi connectivity index (χ3v) is 3.59. The first-order valence-electron chi connectivity index (χ1n) is 7.12. The molecule has 1 aliphatic heterocycles. The van der Waals surface area contributed by atoms with Crippen LogP contribution in [0.25, 0.3) is 0 Å². The summed E-state index contributed by atoms with van der Waals surface area (Å²) in [4.78, 5) is 24.8. The summed E-state index contributed by atoms with van der Waals surface area (Å²) in [6, 6.07) is 0. The third-order valence-electron chi connectivity index (χ3n) is 3.59. The van der Waals surface area contributed by atoms with Gasteiger partial charge in [0.05, 0.1) is 12.4 Å². The number of aromatic nitrogens is 2. The van der Waals surface area contributed by atoms with E-state index in [2.05, 4.69) is 14.9 Å². The summed E-state index contributed by atoms with van der Waals surface area (Å²) in [5.41, 5.74) is 0.435. The lowest BCUT2D eigenvalue weighted by Crippen LogP contribution is -2.32. The smallest absolute Gasteiger partial charge is 0.274 e. The minimum absolute atomic E-state index is 0.0392. The lowest BCUT2D eigenvalue weighted by atomic mass is 10.1. The van der Waals surface area contributed by atoms with E-state index in [-0.39, 0.29) is 5.91 Å². The van der Waals surface area contributed by atoms with Crippen molar-refractivity contribution in [2.75, 3.05) is 31.1 Å². The van der Waals surface area contributed by atoms with Crippen molar-refractivity contribution < 1.29 is 4.79 Å². The van der Waals surface area contributed by atoms with Gasteiger partial charge in [0, 0.05) is 26.2 Å². The Kier molecular flexibility index (Phi) is 4.71. The number of piperidine rings is 1. The molecule has 0 radical (unpaired) electrons. The molecule has 0 N–H and O–H groups in total. The Morgan fingerprint density at radius 3 is 2.37 bits per heavy atom. The van der Waals surface area contributed by atoms with Gasteiger partial charge < -0.3 is 9.80 Å². The van der Waals surface area contributed by atoms with Crippen molar-refractivity contribution in [2.45, 2.75) is 33.1 Å². The average Bonchev–Trinajstić information content (AvgIpc) is 2.49. The van der Waals surface area contributed by atoms with Crippen LogP contribution < -0.4 is 4.90 Å². The first-order chi connectivity index (χ1) is 9.26. The highest BCUT2D eigenvalue weighted by atomic mass is 16.2. The van der Waals surface area contributed by atoms with Crippen molar-refractivity contribution in [2.24, 2.45) is 0 Å². The Balaban J connectivity index is 2.07. The molecule has 104 valence electrons. The van der Waals surface area contributed by atoms with Crippen molar-refractivity contribution in [1.29, 1.82) is 0 Å². The molecular formula is C14H22N4O. The Hall–Kier alpha value is -1.65.